The predicted molar refractivity (Wildman–Crippen MR) is 140 cm³/mol. The lowest BCUT2D eigenvalue weighted by molar-refractivity contribution is 0.0697. The van der Waals surface area contributed by atoms with Crippen molar-refractivity contribution in [1.29, 1.82) is 0 Å². The van der Waals surface area contributed by atoms with Crippen molar-refractivity contribution in [3.05, 3.63) is 82.9 Å². The van der Waals surface area contributed by atoms with E-state index in [9.17, 15) is 13.6 Å². The van der Waals surface area contributed by atoms with E-state index in [4.69, 9.17) is 21.7 Å². The molecular formula is C28H25ClF2N2O2S. The van der Waals surface area contributed by atoms with Crippen LogP contribution in [-0.2, 0) is 5.54 Å². The lowest BCUT2D eigenvalue weighted by Gasteiger charge is -2.40. The quantitative estimate of drug-likeness (QED) is 0.247. The Kier molecular flexibility index (Phi) is 7.04. The molecule has 36 heavy (non-hydrogen) atoms. The van der Waals surface area contributed by atoms with E-state index in [2.05, 4.69) is 4.57 Å². The number of hydrogen-bond donors (Lipinski definition) is 1. The number of fused-ring (bicyclic) bond motifs is 1. The first-order valence-corrected chi connectivity index (χ1v) is 13.3. The van der Waals surface area contributed by atoms with Gasteiger partial charge in [-0.3, -0.25) is 0 Å². The van der Waals surface area contributed by atoms with Crippen LogP contribution in [-0.4, -0.2) is 26.4 Å². The summed E-state index contributed by atoms with van der Waals surface area (Å²) in [5, 5.41) is 9.75. The van der Waals surface area contributed by atoms with E-state index in [1.54, 1.807) is 36.0 Å². The molecule has 4 aromatic rings. The third kappa shape index (κ3) is 4.87. The maximum Gasteiger partial charge on any atom is 0.335 e. The van der Waals surface area contributed by atoms with Crippen molar-refractivity contribution < 1.29 is 18.7 Å². The average Bonchev–Trinajstić information content (AvgIpc) is 3.24. The Morgan fingerprint density at radius 3 is 2.33 bits per heavy atom. The summed E-state index contributed by atoms with van der Waals surface area (Å²) in [6.07, 6.45) is 5.86. The molecule has 8 heteroatoms. The third-order valence-corrected chi connectivity index (χ3v) is 8.26. The summed E-state index contributed by atoms with van der Waals surface area (Å²) in [6.45, 7) is 0. The highest BCUT2D eigenvalue weighted by Crippen LogP contribution is 2.44. The van der Waals surface area contributed by atoms with Crippen molar-refractivity contribution in [2.75, 3.05) is 5.75 Å². The Bertz CT molecular complexity index is 1400. The second kappa shape index (κ2) is 10.2. The molecule has 0 radical (unpaired) electrons. The smallest absolute Gasteiger partial charge is 0.335 e. The number of hydrogen-bond acceptors (Lipinski definition) is 3. The van der Waals surface area contributed by atoms with Gasteiger partial charge in [-0.25, -0.2) is 18.6 Å². The maximum absolute atomic E-state index is 14.5. The minimum atomic E-state index is -0.946. The number of nitrogens with zero attached hydrogens (tertiary/aromatic N) is 2. The van der Waals surface area contributed by atoms with Gasteiger partial charge in [-0.05, 0) is 67.8 Å². The number of carboxylic acid groups (broad SMARTS) is 1. The monoisotopic (exact) mass is 526 g/mol. The van der Waals surface area contributed by atoms with Crippen molar-refractivity contribution in [2.45, 2.75) is 49.0 Å². The Hall–Kier alpha value is -2.90. The van der Waals surface area contributed by atoms with Crippen LogP contribution in [0.2, 0.25) is 5.02 Å². The Morgan fingerprint density at radius 2 is 1.67 bits per heavy atom. The molecule has 1 saturated carbocycles. The number of thioether (sulfide) groups is 1. The van der Waals surface area contributed by atoms with Crippen molar-refractivity contribution in [3.8, 4) is 11.4 Å². The standard InChI is InChI=1S/C28H25ClF2N2O2S/c29-20-8-4-18(5-9-20)26-32-24-16-22(30)23(31)17-25(24)33(26)28(12-2-1-3-13-28)14-15-36-21-10-6-19(7-11-21)27(34)35/h4-11,16-17H,1-3,12-15H2,(H,34,35). The molecule has 0 unspecified atom stereocenters. The predicted octanol–water partition coefficient (Wildman–Crippen LogP) is 8.17. The van der Waals surface area contributed by atoms with Gasteiger partial charge in [0.05, 0.1) is 16.6 Å². The molecule has 1 aliphatic carbocycles. The van der Waals surface area contributed by atoms with Crippen LogP contribution in [0.3, 0.4) is 0 Å². The molecule has 5 rings (SSSR count). The highest BCUT2D eigenvalue weighted by atomic mass is 35.5. The molecule has 0 atom stereocenters. The number of benzene rings is 3. The first-order valence-electron chi connectivity index (χ1n) is 12.0. The molecule has 1 heterocycles. The van der Waals surface area contributed by atoms with Gasteiger partial charge < -0.3 is 9.67 Å². The van der Waals surface area contributed by atoms with E-state index in [0.29, 0.717) is 21.9 Å². The molecule has 1 aromatic heterocycles. The number of imidazole rings is 1. The molecule has 1 aliphatic rings. The van der Waals surface area contributed by atoms with Gasteiger partial charge in [0.15, 0.2) is 11.6 Å². The van der Waals surface area contributed by atoms with Crippen molar-refractivity contribution >= 4 is 40.4 Å². The van der Waals surface area contributed by atoms with Crippen LogP contribution >= 0.6 is 23.4 Å². The van der Waals surface area contributed by atoms with Crippen LogP contribution in [0.5, 0.6) is 0 Å². The maximum atomic E-state index is 14.5. The molecule has 0 amide bonds. The first kappa shape index (κ1) is 24.8. The van der Waals surface area contributed by atoms with Gasteiger partial charge in [-0.15, -0.1) is 11.8 Å². The minimum Gasteiger partial charge on any atom is -0.478 e. The summed E-state index contributed by atoms with van der Waals surface area (Å²) in [4.78, 5) is 16.9. The van der Waals surface area contributed by atoms with E-state index in [1.165, 1.54) is 12.1 Å². The van der Waals surface area contributed by atoms with Gasteiger partial charge >= 0.3 is 5.97 Å². The normalized spacial score (nSPS) is 15.3. The van der Waals surface area contributed by atoms with Crippen molar-refractivity contribution in [3.63, 3.8) is 0 Å². The SMILES string of the molecule is O=C(O)c1ccc(SCCC2(n3c(-c4ccc(Cl)cc4)nc4cc(F)c(F)cc43)CCCCC2)cc1. The Labute approximate surface area is 217 Å². The van der Waals surface area contributed by atoms with E-state index in [-0.39, 0.29) is 11.1 Å². The van der Waals surface area contributed by atoms with Crippen molar-refractivity contribution in [2.24, 2.45) is 0 Å². The lowest BCUT2D eigenvalue weighted by atomic mass is 9.79. The topological polar surface area (TPSA) is 55.1 Å². The van der Waals surface area contributed by atoms with Crippen LogP contribution in [0.15, 0.2) is 65.6 Å². The molecular weight excluding hydrogens is 502 g/mol. The average molecular weight is 527 g/mol. The zero-order valence-electron chi connectivity index (χ0n) is 19.5. The van der Waals surface area contributed by atoms with E-state index >= 15 is 0 Å². The molecule has 186 valence electrons. The van der Waals surface area contributed by atoms with Crippen LogP contribution in [0.4, 0.5) is 8.78 Å². The fraction of sp³-hybridized carbons (Fsp3) is 0.286. The van der Waals surface area contributed by atoms with Crippen LogP contribution in [0.25, 0.3) is 22.4 Å². The molecule has 1 fully saturated rings. The first-order chi connectivity index (χ1) is 17.4. The summed E-state index contributed by atoms with van der Waals surface area (Å²) >= 11 is 7.79. The number of aromatic carboxylic acids is 1. The largest absolute Gasteiger partial charge is 0.478 e. The minimum absolute atomic E-state index is 0.259. The van der Waals surface area contributed by atoms with Gasteiger partial charge in [0.2, 0.25) is 0 Å². The third-order valence-electron chi connectivity index (χ3n) is 6.99. The zero-order valence-corrected chi connectivity index (χ0v) is 21.1. The highest BCUT2D eigenvalue weighted by molar-refractivity contribution is 7.99. The van der Waals surface area contributed by atoms with E-state index < -0.39 is 17.6 Å². The number of halogens is 3. The Morgan fingerprint density at radius 1 is 1.00 bits per heavy atom. The van der Waals surface area contributed by atoms with Gasteiger partial charge in [-0.2, -0.15) is 0 Å². The molecule has 0 spiro atoms. The number of aromatic nitrogens is 2. The van der Waals surface area contributed by atoms with Crippen LogP contribution in [0.1, 0.15) is 48.9 Å². The fourth-order valence-electron chi connectivity index (χ4n) is 5.19. The highest BCUT2D eigenvalue weighted by Gasteiger charge is 2.37. The number of carbonyl (C=O) groups is 1. The van der Waals surface area contributed by atoms with E-state index in [1.807, 2.05) is 24.3 Å². The van der Waals surface area contributed by atoms with Gasteiger partial charge in [0.25, 0.3) is 0 Å². The molecule has 1 N–H and O–H groups in total. The second-order valence-electron chi connectivity index (χ2n) is 9.25. The fourth-order valence-corrected chi connectivity index (χ4v) is 6.37. The van der Waals surface area contributed by atoms with Crippen LogP contribution in [0, 0.1) is 11.6 Å². The van der Waals surface area contributed by atoms with Crippen LogP contribution < -0.4 is 0 Å². The molecule has 0 bridgehead atoms. The zero-order chi connectivity index (χ0) is 25.3. The van der Waals surface area contributed by atoms with Gasteiger partial charge in [0, 0.05) is 38.9 Å². The summed E-state index contributed by atoms with van der Waals surface area (Å²) in [7, 11) is 0. The molecule has 0 saturated heterocycles. The van der Waals surface area contributed by atoms with Crippen molar-refractivity contribution in [1.82, 2.24) is 9.55 Å². The summed E-state index contributed by atoms with van der Waals surface area (Å²) in [5.41, 5.74) is 1.82. The van der Waals surface area contributed by atoms with Gasteiger partial charge in [-0.1, -0.05) is 30.9 Å². The second-order valence-corrected chi connectivity index (χ2v) is 10.9. The molecule has 4 nitrogen and oxygen atoms in total. The molecule has 0 aliphatic heterocycles. The van der Waals surface area contributed by atoms with E-state index in [0.717, 1.165) is 54.7 Å². The lowest BCUT2D eigenvalue weighted by Crippen LogP contribution is -2.37. The van der Waals surface area contributed by atoms with Gasteiger partial charge in [0.1, 0.15) is 5.82 Å². The number of rotatable bonds is 7. The summed E-state index contributed by atoms with van der Waals surface area (Å²) < 4.78 is 30.8. The summed E-state index contributed by atoms with van der Waals surface area (Å²) in [6, 6.07) is 16.7. The Balaban J connectivity index is 1.55. The number of carboxylic acids is 1. The summed E-state index contributed by atoms with van der Waals surface area (Å²) in [5.74, 6) is -1.27. The molecule has 3 aromatic carbocycles.